The Balaban J connectivity index is 1.06. The zero-order chi connectivity index (χ0) is 37.1. The van der Waals surface area contributed by atoms with Crippen LogP contribution >= 0.6 is 23.2 Å². The minimum absolute atomic E-state index is 0.0300. The molecular formula is C40H44Cl2N6O5. The molecule has 11 nitrogen and oxygen atoms in total. The lowest BCUT2D eigenvalue weighted by Gasteiger charge is -2.47. The maximum Gasteiger partial charge on any atom is 0.248 e. The summed E-state index contributed by atoms with van der Waals surface area (Å²) in [6, 6.07) is 18.0. The van der Waals surface area contributed by atoms with Gasteiger partial charge in [0.15, 0.2) is 0 Å². The molecule has 3 fully saturated rings. The molecule has 2 aromatic heterocycles. The molecule has 3 aliphatic heterocycles. The Labute approximate surface area is 319 Å². The topological polar surface area (TPSA) is 118 Å². The summed E-state index contributed by atoms with van der Waals surface area (Å²) in [5, 5.41) is 7.57. The van der Waals surface area contributed by atoms with Crippen LogP contribution < -0.4 is 20.1 Å². The number of amides is 2. The number of carbonyl (C=O) groups excluding carboxylic acids is 2. The molecule has 0 unspecified atom stereocenters. The van der Waals surface area contributed by atoms with Gasteiger partial charge in [-0.1, -0.05) is 59.6 Å². The number of benzene rings is 2. The highest BCUT2D eigenvalue weighted by Crippen LogP contribution is 2.43. The van der Waals surface area contributed by atoms with Gasteiger partial charge in [-0.25, -0.2) is 4.98 Å². The number of hydrogen-bond acceptors (Lipinski definition) is 9. The van der Waals surface area contributed by atoms with E-state index in [0.717, 1.165) is 78.2 Å². The predicted octanol–water partition coefficient (Wildman–Crippen LogP) is 5.85. The van der Waals surface area contributed by atoms with Gasteiger partial charge in [-0.15, -0.1) is 0 Å². The Hall–Kier alpha value is -4.26. The normalized spacial score (nSPS) is 17.2. The van der Waals surface area contributed by atoms with Crippen molar-refractivity contribution in [3.05, 3.63) is 82.0 Å². The molecule has 2 aromatic carbocycles. The van der Waals surface area contributed by atoms with E-state index < -0.39 is 0 Å². The Morgan fingerprint density at radius 2 is 1.72 bits per heavy atom. The first-order chi connectivity index (χ1) is 25.7. The average molecular weight is 760 g/mol. The summed E-state index contributed by atoms with van der Waals surface area (Å²) in [5.41, 5.74) is 6.45. The number of halogens is 2. The van der Waals surface area contributed by atoms with Crippen molar-refractivity contribution < 1.29 is 23.8 Å². The van der Waals surface area contributed by atoms with Crippen molar-refractivity contribution in [3.8, 4) is 45.3 Å². The number of aromatic nitrogens is 2. The van der Waals surface area contributed by atoms with Gasteiger partial charge in [-0.05, 0) is 31.0 Å². The Morgan fingerprint density at radius 3 is 2.43 bits per heavy atom. The highest BCUT2D eigenvalue weighted by atomic mass is 35.5. The maximum absolute atomic E-state index is 12.2. The number of methoxy groups -OCH3 is 3. The van der Waals surface area contributed by atoms with Gasteiger partial charge in [-0.2, -0.15) is 0 Å². The van der Waals surface area contributed by atoms with Gasteiger partial charge in [0, 0.05) is 110 Å². The highest BCUT2D eigenvalue weighted by molar-refractivity contribution is 6.39. The molecule has 0 radical (unpaired) electrons. The predicted molar refractivity (Wildman–Crippen MR) is 205 cm³/mol. The molecule has 4 aromatic rings. The lowest BCUT2D eigenvalue weighted by Crippen LogP contribution is -2.56. The van der Waals surface area contributed by atoms with E-state index in [1.165, 1.54) is 0 Å². The summed E-state index contributed by atoms with van der Waals surface area (Å²) in [7, 11) is 4.83. The monoisotopic (exact) mass is 758 g/mol. The van der Waals surface area contributed by atoms with Gasteiger partial charge in [0.2, 0.25) is 17.7 Å². The van der Waals surface area contributed by atoms with Crippen LogP contribution in [0.4, 0.5) is 0 Å². The number of nitrogens with one attached hydrogen (secondary N) is 2. The summed E-state index contributed by atoms with van der Waals surface area (Å²) in [4.78, 5) is 37.6. The van der Waals surface area contributed by atoms with E-state index in [4.69, 9.17) is 42.4 Å². The van der Waals surface area contributed by atoms with E-state index in [2.05, 4.69) is 26.6 Å². The molecular weight excluding hydrogens is 715 g/mol. The summed E-state index contributed by atoms with van der Waals surface area (Å²) in [5.74, 6) is 1.45. The number of hydrogen-bond donors (Lipinski definition) is 2. The van der Waals surface area contributed by atoms with Crippen LogP contribution in [0, 0.1) is 5.41 Å². The second-order valence-electron chi connectivity index (χ2n) is 14.1. The van der Waals surface area contributed by atoms with E-state index >= 15 is 0 Å². The molecule has 0 aliphatic carbocycles. The summed E-state index contributed by atoms with van der Waals surface area (Å²) >= 11 is 14.2. The smallest absolute Gasteiger partial charge is 0.248 e. The second kappa shape index (κ2) is 16.0. The number of ether oxygens (including phenoxy) is 3. The van der Waals surface area contributed by atoms with Crippen LogP contribution in [-0.4, -0.2) is 98.3 Å². The van der Waals surface area contributed by atoms with Gasteiger partial charge in [0.05, 0.1) is 35.7 Å². The van der Waals surface area contributed by atoms with Crippen molar-refractivity contribution in [2.24, 2.45) is 5.41 Å². The zero-order valence-corrected chi connectivity index (χ0v) is 31.7. The SMILES string of the molecule is COCC(=O)N1CCC(NCc2ccc(-c3cccc(-c4ccnc(-c5ccc(CN6CC7(CNC(=O)C7)C6)c(OC)c5)c4Cl)c3Cl)nc2OC)CC1. The van der Waals surface area contributed by atoms with E-state index in [1.54, 1.807) is 27.5 Å². The van der Waals surface area contributed by atoms with Crippen molar-refractivity contribution in [2.45, 2.75) is 38.4 Å². The Morgan fingerprint density at radius 1 is 0.962 bits per heavy atom. The molecule has 0 atom stereocenters. The fourth-order valence-electron chi connectivity index (χ4n) is 7.78. The van der Waals surface area contributed by atoms with E-state index in [1.807, 2.05) is 53.4 Å². The van der Waals surface area contributed by atoms with Crippen molar-refractivity contribution >= 4 is 35.0 Å². The summed E-state index contributed by atoms with van der Waals surface area (Å²) in [6.07, 6.45) is 4.07. The van der Waals surface area contributed by atoms with Gasteiger partial charge in [-0.3, -0.25) is 19.5 Å². The molecule has 2 amide bonds. The van der Waals surface area contributed by atoms with Crippen LogP contribution in [0.3, 0.4) is 0 Å². The number of nitrogens with zero attached hydrogens (tertiary/aromatic N) is 4. The average Bonchev–Trinajstić information content (AvgIpc) is 3.56. The minimum Gasteiger partial charge on any atom is -0.496 e. The number of rotatable bonds is 12. The standard InChI is InChI=1S/C40H44Cl2N6O5/c1-51-21-35(50)48-15-12-28(13-16-48)44-19-26-9-10-32(46-39(26)53-3)31-6-4-5-29(36(31)41)30-11-14-43-38(37(30)42)25-7-8-27(33(17-25)52-2)20-47-23-40(24-47)18-34(49)45-22-40/h4-11,14,17,28,44H,12-13,15-16,18-24H2,1-3H3,(H,45,49). The molecule has 3 saturated heterocycles. The molecule has 3 aliphatic rings. The fraction of sp³-hybridized carbons (Fsp3) is 0.400. The van der Waals surface area contributed by atoms with Crippen LogP contribution in [0.15, 0.2) is 60.8 Å². The van der Waals surface area contributed by atoms with Gasteiger partial charge < -0.3 is 29.7 Å². The van der Waals surface area contributed by atoms with E-state index in [-0.39, 0.29) is 29.9 Å². The van der Waals surface area contributed by atoms with Crippen LogP contribution in [0.1, 0.15) is 30.4 Å². The third-order valence-electron chi connectivity index (χ3n) is 10.6. The van der Waals surface area contributed by atoms with Crippen LogP contribution in [0.5, 0.6) is 11.6 Å². The van der Waals surface area contributed by atoms with Crippen LogP contribution in [-0.2, 0) is 27.4 Å². The minimum atomic E-state index is 0.0300. The van der Waals surface area contributed by atoms with Crippen molar-refractivity contribution in [1.82, 2.24) is 30.4 Å². The van der Waals surface area contributed by atoms with Gasteiger partial charge >= 0.3 is 0 Å². The number of likely N-dealkylation sites (tertiary alicyclic amines) is 2. The largest absolute Gasteiger partial charge is 0.496 e. The molecule has 0 bridgehead atoms. The van der Waals surface area contributed by atoms with Crippen molar-refractivity contribution in [2.75, 3.05) is 60.7 Å². The zero-order valence-electron chi connectivity index (χ0n) is 30.2. The molecule has 13 heteroatoms. The lowest BCUT2D eigenvalue weighted by molar-refractivity contribution is -0.136. The van der Waals surface area contributed by atoms with Crippen LogP contribution in [0.2, 0.25) is 10.0 Å². The van der Waals surface area contributed by atoms with Crippen molar-refractivity contribution in [1.29, 1.82) is 0 Å². The molecule has 53 heavy (non-hydrogen) atoms. The third-order valence-corrected chi connectivity index (χ3v) is 11.3. The van der Waals surface area contributed by atoms with E-state index in [0.29, 0.717) is 53.4 Å². The fourth-order valence-corrected chi connectivity index (χ4v) is 8.42. The second-order valence-corrected chi connectivity index (χ2v) is 14.9. The highest BCUT2D eigenvalue weighted by Gasteiger charge is 2.47. The quantitative estimate of drug-likeness (QED) is 0.184. The van der Waals surface area contributed by atoms with E-state index in [9.17, 15) is 9.59 Å². The Bertz CT molecular complexity index is 2000. The van der Waals surface area contributed by atoms with Gasteiger partial charge in [0.25, 0.3) is 0 Å². The molecule has 1 spiro atoms. The lowest BCUT2D eigenvalue weighted by atomic mass is 9.79. The third kappa shape index (κ3) is 7.86. The molecule has 278 valence electrons. The Kier molecular flexibility index (Phi) is 11.2. The number of carbonyl (C=O) groups is 2. The summed E-state index contributed by atoms with van der Waals surface area (Å²) < 4.78 is 16.5. The first-order valence-electron chi connectivity index (χ1n) is 17.8. The van der Waals surface area contributed by atoms with Crippen LogP contribution in [0.25, 0.3) is 33.6 Å². The molecule has 2 N–H and O–H groups in total. The van der Waals surface area contributed by atoms with Gasteiger partial charge in [0.1, 0.15) is 12.4 Å². The summed E-state index contributed by atoms with van der Waals surface area (Å²) in [6.45, 7) is 5.37. The molecule has 0 saturated carbocycles. The van der Waals surface area contributed by atoms with Crippen molar-refractivity contribution in [3.63, 3.8) is 0 Å². The number of piperidine rings is 1. The molecule has 7 rings (SSSR count). The molecule has 5 heterocycles. The first-order valence-corrected chi connectivity index (χ1v) is 18.6. The maximum atomic E-state index is 12.2. The number of pyridine rings is 2. The first kappa shape index (κ1) is 37.1.